The molecule has 0 amide bonds. The van der Waals surface area contributed by atoms with Gasteiger partial charge in [0.1, 0.15) is 12.0 Å². The summed E-state index contributed by atoms with van der Waals surface area (Å²) in [6.07, 6.45) is -0.509. The summed E-state index contributed by atoms with van der Waals surface area (Å²) >= 11 is 0. The minimum absolute atomic E-state index is 0.311. The van der Waals surface area contributed by atoms with Gasteiger partial charge in [-0.15, -0.1) is 0 Å². The summed E-state index contributed by atoms with van der Waals surface area (Å²) in [6.45, 7) is 3.82. The lowest BCUT2D eigenvalue weighted by Crippen LogP contribution is -2.32. The number of hydrogen-bond donors (Lipinski definition) is 0. The van der Waals surface area contributed by atoms with Crippen LogP contribution in [0.15, 0.2) is 60.7 Å². The van der Waals surface area contributed by atoms with Crippen LogP contribution in [0.2, 0.25) is 0 Å². The van der Waals surface area contributed by atoms with Gasteiger partial charge in [-0.2, -0.15) is 0 Å². The lowest BCUT2D eigenvalue weighted by molar-refractivity contribution is -0.150. The maximum Gasteiger partial charge on any atom is 0.338 e. The number of nitrogens with zero attached hydrogens (tertiary/aromatic N) is 1. The number of esters is 2. The maximum absolute atomic E-state index is 12.4. The van der Waals surface area contributed by atoms with Gasteiger partial charge in [-0.25, -0.2) is 4.79 Å². The number of carbonyl (C=O) groups excluding carboxylic acids is 2. The highest BCUT2D eigenvalue weighted by atomic mass is 16.6. The van der Waals surface area contributed by atoms with Crippen molar-refractivity contribution >= 4 is 11.9 Å². The molecule has 3 rings (SSSR count). The van der Waals surface area contributed by atoms with Gasteiger partial charge in [-0.3, -0.25) is 9.69 Å². The maximum atomic E-state index is 12.4. The van der Waals surface area contributed by atoms with Gasteiger partial charge >= 0.3 is 11.9 Å². The second kappa shape index (κ2) is 8.63. The Morgan fingerprint density at radius 1 is 1.00 bits per heavy atom. The third-order valence-electron chi connectivity index (χ3n) is 4.45. The minimum atomic E-state index is -0.509. The fraction of sp³-hybridized carbons (Fsp3) is 0.333. The molecule has 0 saturated carbocycles. The fourth-order valence-electron chi connectivity index (χ4n) is 3.20. The van der Waals surface area contributed by atoms with E-state index in [-0.39, 0.29) is 5.97 Å². The van der Waals surface area contributed by atoms with Crippen LogP contribution in [0.25, 0.3) is 0 Å². The van der Waals surface area contributed by atoms with E-state index in [0.29, 0.717) is 31.8 Å². The summed E-state index contributed by atoms with van der Waals surface area (Å²) in [5.41, 5.74) is 1.64. The van der Waals surface area contributed by atoms with Crippen molar-refractivity contribution in [2.75, 3.05) is 19.7 Å². The lowest BCUT2D eigenvalue weighted by Gasteiger charge is -2.17. The average molecular weight is 353 g/mol. The van der Waals surface area contributed by atoms with E-state index in [4.69, 9.17) is 9.47 Å². The summed E-state index contributed by atoms with van der Waals surface area (Å²) < 4.78 is 10.8. The van der Waals surface area contributed by atoms with Crippen molar-refractivity contribution < 1.29 is 19.1 Å². The van der Waals surface area contributed by atoms with Gasteiger partial charge in [-0.1, -0.05) is 48.5 Å². The number of hydrogen-bond acceptors (Lipinski definition) is 5. The SMILES string of the molecule is CCOC(=O)[C@H]1CN(Cc2ccccc2)C[C@H]1OC(=O)c1ccccc1. The zero-order valence-corrected chi connectivity index (χ0v) is 14.8. The molecule has 0 radical (unpaired) electrons. The Labute approximate surface area is 153 Å². The van der Waals surface area contributed by atoms with Gasteiger partial charge in [0.25, 0.3) is 0 Å². The molecule has 5 heteroatoms. The first kappa shape index (κ1) is 18.1. The van der Waals surface area contributed by atoms with E-state index in [1.807, 2.05) is 36.4 Å². The molecule has 5 nitrogen and oxygen atoms in total. The predicted molar refractivity (Wildman–Crippen MR) is 97.5 cm³/mol. The molecule has 2 aromatic rings. The number of benzene rings is 2. The van der Waals surface area contributed by atoms with E-state index in [9.17, 15) is 9.59 Å². The highest BCUT2D eigenvalue weighted by Crippen LogP contribution is 2.24. The van der Waals surface area contributed by atoms with Crippen molar-refractivity contribution in [3.05, 3.63) is 71.8 Å². The van der Waals surface area contributed by atoms with E-state index >= 15 is 0 Å². The van der Waals surface area contributed by atoms with Crippen molar-refractivity contribution in [2.24, 2.45) is 5.92 Å². The molecular formula is C21H23NO4. The zero-order chi connectivity index (χ0) is 18.4. The van der Waals surface area contributed by atoms with Crippen LogP contribution in [0.3, 0.4) is 0 Å². The molecule has 136 valence electrons. The first-order valence-corrected chi connectivity index (χ1v) is 8.86. The highest BCUT2D eigenvalue weighted by molar-refractivity contribution is 5.89. The van der Waals surface area contributed by atoms with Crippen molar-refractivity contribution in [3.8, 4) is 0 Å². The summed E-state index contributed by atoms with van der Waals surface area (Å²) in [6, 6.07) is 18.9. The van der Waals surface area contributed by atoms with Crippen LogP contribution >= 0.6 is 0 Å². The van der Waals surface area contributed by atoms with Gasteiger partial charge in [0, 0.05) is 19.6 Å². The quantitative estimate of drug-likeness (QED) is 0.748. The molecular weight excluding hydrogens is 330 g/mol. The van der Waals surface area contributed by atoms with Gasteiger partial charge in [0.2, 0.25) is 0 Å². The molecule has 0 N–H and O–H groups in total. The number of carbonyl (C=O) groups is 2. The standard InChI is InChI=1S/C21H23NO4/c1-2-25-21(24)18-14-22(13-16-9-5-3-6-10-16)15-19(18)26-20(23)17-11-7-4-8-12-17/h3-12,18-19H,2,13-15H2,1H3/t18-,19+/m0/s1. The molecule has 2 atom stereocenters. The Bertz CT molecular complexity index is 732. The van der Waals surface area contributed by atoms with E-state index in [0.717, 1.165) is 5.56 Å². The van der Waals surface area contributed by atoms with Gasteiger partial charge in [0.05, 0.1) is 12.2 Å². The Hall–Kier alpha value is -2.66. The van der Waals surface area contributed by atoms with Crippen molar-refractivity contribution in [1.29, 1.82) is 0 Å². The molecule has 1 heterocycles. The van der Waals surface area contributed by atoms with Crippen LogP contribution in [0, 0.1) is 5.92 Å². The zero-order valence-electron chi connectivity index (χ0n) is 14.8. The average Bonchev–Trinajstić information content (AvgIpc) is 3.05. The number of rotatable bonds is 6. The molecule has 26 heavy (non-hydrogen) atoms. The molecule has 0 spiro atoms. The van der Waals surface area contributed by atoms with E-state index < -0.39 is 18.0 Å². The molecule has 1 aliphatic rings. The first-order valence-electron chi connectivity index (χ1n) is 8.86. The summed E-state index contributed by atoms with van der Waals surface area (Å²) in [5, 5.41) is 0. The third kappa shape index (κ3) is 4.49. The van der Waals surface area contributed by atoms with Crippen LogP contribution in [0.4, 0.5) is 0 Å². The molecule has 0 aliphatic carbocycles. The molecule has 1 fully saturated rings. The summed E-state index contributed by atoms with van der Waals surface area (Å²) in [4.78, 5) is 26.9. The molecule has 0 aromatic heterocycles. The van der Waals surface area contributed by atoms with Crippen LogP contribution in [-0.4, -0.2) is 42.6 Å². The van der Waals surface area contributed by atoms with Crippen LogP contribution in [0.5, 0.6) is 0 Å². The monoisotopic (exact) mass is 353 g/mol. The molecule has 1 saturated heterocycles. The van der Waals surface area contributed by atoms with Crippen molar-refractivity contribution in [2.45, 2.75) is 19.6 Å². The number of likely N-dealkylation sites (tertiary alicyclic amines) is 1. The highest BCUT2D eigenvalue weighted by Gasteiger charge is 2.41. The largest absolute Gasteiger partial charge is 0.466 e. The molecule has 2 aromatic carbocycles. The second-order valence-corrected chi connectivity index (χ2v) is 6.35. The predicted octanol–water partition coefficient (Wildman–Crippen LogP) is 2.91. The normalized spacial score (nSPS) is 19.9. The molecule has 0 unspecified atom stereocenters. The van der Waals surface area contributed by atoms with E-state index in [1.165, 1.54) is 0 Å². The Balaban J connectivity index is 1.70. The first-order chi connectivity index (χ1) is 12.7. The van der Waals surface area contributed by atoms with Crippen LogP contribution in [0.1, 0.15) is 22.8 Å². The Morgan fingerprint density at radius 3 is 2.31 bits per heavy atom. The van der Waals surface area contributed by atoms with E-state index in [1.54, 1.807) is 31.2 Å². The topological polar surface area (TPSA) is 55.8 Å². The second-order valence-electron chi connectivity index (χ2n) is 6.35. The summed E-state index contributed by atoms with van der Waals surface area (Å²) in [7, 11) is 0. The summed E-state index contributed by atoms with van der Waals surface area (Å²) in [5.74, 6) is -1.19. The smallest absolute Gasteiger partial charge is 0.338 e. The van der Waals surface area contributed by atoms with Gasteiger partial charge in [-0.05, 0) is 24.6 Å². The third-order valence-corrected chi connectivity index (χ3v) is 4.45. The van der Waals surface area contributed by atoms with Gasteiger partial charge in [0.15, 0.2) is 0 Å². The Morgan fingerprint density at radius 2 is 1.65 bits per heavy atom. The molecule has 0 bridgehead atoms. The lowest BCUT2D eigenvalue weighted by atomic mass is 10.1. The van der Waals surface area contributed by atoms with E-state index in [2.05, 4.69) is 4.90 Å². The molecule has 1 aliphatic heterocycles. The number of ether oxygens (including phenoxy) is 2. The Kier molecular flexibility index (Phi) is 6.02. The van der Waals surface area contributed by atoms with Gasteiger partial charge < -0.3 is 9.47 Å². The van der Waals surface area contributed by atoms with Crippen LogP contribution < -0.4 is 0 Å². The fourth-order valence-corrected chi connectivity index (χ4v) is 3.20. The van der Waals surface area contributed by atoms with Crippen LogP contribution in [-0.2, 0) is 20.8 Å². The van der Waals surface area contributed by atoms with Crippen molar-refractivity contribution in [3.63, 3.8) is 0 Å². The minimum Gasteiger partial charge on any atom is -0.466 e. The van der Waals surface area contributed by atoms with Crippen molar-refractivity contribution in [1.82, 2.24) is 4.90 Å².